The van der Waals surface area contributed by atoms with Crippen molar-refractivity contribution in [1.82, 2.24) is 0 Å². The third kappa shape index (κ3) is 12.1. The van der Waals surface area contributed by atoms with Crippen LogP contribution in [0.15, 0.2) is 33.9 Å². The smallest absolute Gasteiger partial charge is 0.728 e. The summed E-state index contributed by atoms with van der Waals surface area (Å²) >= 11 is 0. The summed E-state index contributed by atoms with van der Waals surface area (Å²) in [6.45, 7) is 1.22. The fraction of sp³-hybridized carbons (Fsp3) is 0.364. The Bertz CT molecular complexity index is 625. The Morgan fingerprint density at radius 2 is 1.65 bits per heavy atom. The summed E-state index contributed by atoms with van der Waals surface area (Å²) in [5.74, 6) is -1.20. The molecule has 0 amide bonds. The Morgan fingerprint density at radius 1 is 1.26 bits per heavy atom. The van der Waals surface area contributed by atoms with Gasteiger partial charge < -0.3 is 26.0 Å². The molecule has 0 saturated heterocycles. The molecule has 0 radical (unpaired) electrons. The first-order chi connectivity index (χ1) is 9.83. The molecule has 23 heavy (non-hydrogen) atoms. The maximum atomic E-state index is 10.2. The van der Waals surface area contributed by atoms with E-state index in [-0.39, 0.29) is 29.6 Å². The molecule has 0 bridgehead atoms. The van der Waals surface area contributed by atoms with Crippen LogP contribution in [0.3, 0.4) is 0 Å². The maximum Gasteiger partial charge on any atom is 1.00 e. The Kier molecular flexibility index (Phi) is 10.4. The number of anilines is 1. The normalized spacial score (nSPS) is 11.2. The first-order valence-corrected chi connectivity index (χ1v) is 7.17. The molecule has 0 fully saturated rings. The SMILES string of the molecule is CC(N)(N)C(=O)O.CN(C)c1ccc(N=NS(=O)(=O)[O-])cc1.[Na+]. The number of carbonyl (C=O) groups is 1. The zero-order valence-electron chi connectivity index (χ0n) is 13.3. The molecular formula is C11H18N5NaO5S. The van der Waals surface area contributed by atoms with Crippen LogP contribution >= 0.6 is 0 Å². The van der Waals surface area contributed by atoms with Gasteiger partial charge in [0.25, 0.3) is 0 Å². The van der Waals surface area contributed by atoms with Gasteiger partial charge in [-0.2, -0.15) is 0 Å². The van der Waals surface area contributed by atoms with Crippen molar-refractivity contribution in [3.8, 4) is 0 Å². The second kappa shape index (κ2) is 9.93. The summed E-state index contributed by atoms with van der Waals surface area (Å²) < 4.78 is 33.1. The summed E-state index contributed by atoms with van der Waals surface area (Å²) in [4.78, 5) is 11.7. The number of aliphatic carboxylic acids is 1. The molecule has 1 aromatic carbocycles. The monoisotopic (exact) mass is 355 g/mol. The van der Waals surface area contributed by atoms with Gasteiger partial charge in [0, 0.05) is 19.8 Å². The van der Waals surface area contributed by atoms with E-state index < -0.39 is 21.9 Å². The van der Waals surface area contributed by atoms with Crippen molar-refractivity contribution in [1.29, 1.82) is 0 Å². The number of carboxylic acids is 1. The molecule has 12 heteroatoms. The van der Waals surface area contributed by atoms with Gasteiger partial charge in [0.05, 0.1) is 5.69 Å². The molecule has 0 saturated carbocycles. The minimum Gasteiger partial charge on any atom is -0.728 e. The van der Waals surface area contributed by atoms with Crippen molar-refractivity contribution < 1.29 is 52.4 Å². The second-order valence-corrected chi connectivity index (χ2v) is 5.63. The molecule has 0 spiro atoms. The van der Waals surface area contributed by atoms with Crippen LogP contribution in [0, 0.1) is 0 Å². The Hall–Kier alpha value is -1.08. The number of carboxylic acid groups (broad SMARTS) is 1. The Labute approximate surface area is 156 Å². The molecule has 0 unspecified atom stereocenters. The van der Waals surface area contributed by atoms with E-state index in [4.69, 9.17) is 16.6 Å². The van der Waals surface area contributed by atoms with Crippen molar-refractivity contribution in [2.75, 3.05) is 19.0 Å². The molecular weight excluding hydrogens is 337 g/mol. The Balaban J connectivity index is 0. The van der Waals surface area contributed by atoms with E-state index in [9.17, 15) is 17.8 Å². The van der Waals surface area contributed by atoms with E-state index in [1.807, 2.05) is 19.0 Å². The van der Waals surface area contributed by atoms with Crippen molar-refractivity contribution in [2.24, 2.45) is 21.1 Å². The number of rotatable bonds is 4. The van der Waals surface area contributed by atoms with E-state index in [1.165, 1.54) is 6.92 Å². The summed E-state index contributed by atoms with van der Waals surface area (Å²) in [5, 5.41) is 11.3. The van der Waals surface area contributed by atoms with Crippen LogP contribution in [-0.2, 0) is 15.1 Å². The molecule has 0 atom stereocenters. The third-order valence-corrected chi connectivity index (χ3v) is 2.36. The average Bonchev–Trinajstić information content (AvgIpc) is 2.35. The predicted molar refractivity (Wildman–Crippen MR) is 79.4 cm³/mol. The number of benzene rings is 1. The number of nitrogens with two attached hydrogens (primary N) is 2. The van der Waals surface area contributed by atoms with Crippen LogP contribution < -0.4 is 45.9 Å². The minimum atomic E-state index is -4.65. The molecule has 0 aliphatic heterocycles. The molecule has 0 aliphatic carbocycles. The molecule has 0 heterocycles. The van der Waals surface area contributed by atoms with Gasteiger partial charge in [0.2, 0.25) is 10.3 Å². The maximum absolute atomic E-state index is 10.2. The van der Waals surface area contributed by atoms with Crippen LogP contribution in [0.5, 0.6) is 0 Å². The Morgan fingerprint density at radius 3 is 1.91 bits per heavy atom. The molecule has 1 rings (SSSR count). The third-order valence-electron chi connectivity index (χ3n) is 2.08. The first kappa shape index (κ1) is 24.2. The summed E-state index contributed by atoms with van der Waals surface area (Å²) in [6, 6.07) is 6.63. The van der Waals surface area contributed by atoms with Gasteiger partial charge in [-0.1, -0.05) is 4.52 Å². The van der Waals surface area contributed by atoms with Crippen molar-refractivity contribution >= 4 is 27.6 Å². The van der Waals surface area contributed by atoms with Gasteiger partial charge in [-0.15, -0.1) is 5.11 Å². The largest absolute Gasteiger partial charge is 1.00 e. The number of hydrogen-bond acceptors (Lipinski definition) is 8. The molecule has 0 aromatic heterocycles. The summed E-state index contributed by atoms with van der Waals surface area (Å²) in [5.41, 5.74) is 9.39. The zero-order chi connectivity index (χ0) is 17.6. The summed E-state index contributed by atoms with van der Waals surface area (Å²) in [7, 11) is -0.904. The summed E-state index contributed by atoms with van der Waals surface area (Å²) in [6.07, 6.45) is 0. The van der Waals surface area contributed by atoms with E-state index in [0.717, 1.165) is 5.69 Å². The van der Waals surface area contributed by atoms with Gasteiger partial charge in [-0.3, -0.25) is 0 Å². The van der Waals surface area contributed by atoms with Crippen molar-refractivity contribution in [2.45, 2.75) is 12.6 Å². The van der Waals surface area contributed by atoms with Gasteiger partial charge in [0.15, 0.2) is 5.66 Å². The van der Waals surface area contributed by atoms with Gasteiger partial charge in [0.1, 0.15) is 0 Å². The fourth-order valence-electron chi connectivity index (χ4n) is 0.915. The van der Waals surface area contributed by atoms with Crippen LogP contribution in [0.2, 0.25) is 0 Å². The van der Waals surface area contributed by atoms with Gasteiger partial charge >= 0.3 is 35.5 Å². The van der Waals surface area contributed by atoms with Gasteiger partial charge in [-0.05, 0) is 31.2 Å². The first-order valence-electron chi connectivity index (χ1n) is 5.80. The van der Waals surface area contributed by atoms with Crippen LogP contribution in [0.1, 0.15) is 6.92 Å². The minimum absolute atomic E-state index is 0. The number of nitrogens with zero attached hydrogens (tertiary/aromatic N) is 3. The van der Waals surface area contributed by atoms with E-state index >= 15 is 0 Å². The predicted octanol–water partition coefficient (Wildman–Crippen LogP) is -2.99. The van der Waals surface area contributed by atoms with Crippen LogP contribution in [0.25, 0.3) is 0 Å². The standard InChI is InChI=1S/C8H11N3O3S.C3H8N2O2.Na/c1-11(2)8-5-3-7(4-6-8)9-10-15(12,13)14;1-3(4,5)2(6)7;/h3-6H,1-2H3,(H,12,13,14);4-5H2,1H3,(H,6,7);/q;;+1/p-1. The van der Waals surface area contributed by atoms with E-state index in [1.54, 1.807) is 24.3 Å². The molecule has 1 aromatic rings. The van der Waals surface area contributed by atoms with E-state index in [2.05, 4.69) is 9.63 Å². The topological polar surface area (TPSA) is 174 Å². The fourth-order valence-corrected chi connectivity index (χ4v) is 1.11. The molecule has 5 N–H and O–H groups in total. The van der Waals surface area contributed by atoms with Crippen molar-refractivity contribution in [3.05, 3.63) is 24.3 Å². The quantitative estimate of drug-likeness (QED) is 0.222. The average molecular weight is 355 g/mol. The molecule has 0 aliphatic rings. The molecule has 124 valence electrons. The molecule has 10 nitrogen and oxygen atoms in total. The number of hydrogen-bond donors (Lipinski definition) is 3. The van der Waals surface area contributed by atoms with Crippen LogP contribution in [0.4, 0.5) is 11.4 Å². The zero-order valence-corrected chi connectivity index (χ0v) is 16.1. The van der Waals surface area contributed by atoms with Crippen LogP contribution in [-0.4, -0.2) is 43.8 Å². The second-order valence-electron chi connectivity index (χ2n) is 4.61. The van der Waals surface area contributed by atoms with Crippen molar-refractivity contribution in [3.63, 3.8) is 0 Å². The van der Waals surface area contributed by atoms with E-state index in [0.29, 0.717) is 5.69 Å². The van der Waals surface area contributed by atoms with Gasteiger partial charge in [-0.25, -0.2) is 13.2 Å².